The maximum absolute atomic E-state index is 12.2. The molecule has 3 atom stereocenters. The van der Waals surface area contributed by atoms with Crippen LogP contribution >= 0.6 is 0 Å². The van der Waals surface area contributed by atoms with Crippen LogP contribution in [0.25, 0.3) is 0 Å². The van der Waals surface area contributed by atoms with Crippen LogP contribution in [0.1, 0.15) is 128 Å². The molecule has 272 valence electrons. The standard InChI is InChI=1S/C15H23NO2.C8H9NO2.C8H16.C3H8.C3H6.2C2H6/c1-5-6-14(11(2)3)15(17)16-12-7-9-13(18-4)10-8-12;1-11-8-4-2-7(3-5-8)9-6-10;1-7-4-3-5-8(2)6-7;2*1-3-2;2*1-2/h7-11,14H,5-6H2,1-4H3,(H,16,17);2-6H,1H3,(H,9,10);7-8H,3-6H2,1-2H3;3H2,1-2H3;3H,1H2,2H3;2*1-2H3/t14-;;;;;;/m0....../s1. The van der Waals surface area contributed by atoms with Crippen LogP contribution in [-0.4, -0.2) is 26.5 Å². The van der Waals surface area contributed by atoms with E-state index in [1.807, 2.05) is 58.9 Å². The summed E-state index contributed by atoms with van der Waals surface area (Å²) in [5, 5.41) is 5.49. The second-order valence-corrected chi connectivity index (χ2v) is 11.3. The van der Waals surface area contributed by atoms with Crippen LogP contribution in [0.2, 0.25) is 0 Å². The first-order chi connectivity index (χ1) is 22.6. The van der Waals surface area contributed by atoms with Gasteiger partial charge in [0.2, 0.25) is 12.3 Å². The molecule has 2 N–H and O–H groups in total. The minimum Gasteiger partial charge on any atom is -0.497 e. The topological polar surface area (TPSA) is 76.7 Å². The molecule has 0 bridgehead atoms. The van der Waals surface area contributed by atoms with E-state index in [1.54, 1.807) is 44.6 Å². The number of allylic oxidation sites excluding steroid dienone is 1. The highest BCUT2D eigenvalue weighted by atomic mass is 16.5. The molecule has 6 heteroatoms. The summed E-state index contributed by atoms with van der Waals surface area (Å²) in [4.78, 5) is 22.1. The van der Waals surface area contributed by atoms with Crippen LogP contribution in [0.4, 0.5) is 11.4 Å². The Kier molecular flexibility index (Phi) is 40.0. The molecule has 1 aliphatic carbocycles. The number of amides is 2. The lowest BCUT2D eigenvalue weighted by molar-refractivity contribution is -0.121. The smallest absolute Gasteiger partial charge is 0.227 e. The minimum atomic E-state index is 0.0806. The second-order valence-electron chi connectivity index (χ2n) is 11.3. The number of carbonyl (C=O) groups is 2. The zero-order valence-corrected chi connectivity index (χ0v) is 32.9. The second kappa shape index (κ2) is 37.2. The van der Waals surface area contributed by atoms with Crippen molar-refractivity contribution in [3.63, 3.8) is 0 Å². The molecule has 1 aliphatic rings. The van der Waals surface area contributed by atoms with Gasteiger partial charge in [0.05, 0.1) is 14.2 Å². The molecular weight excluding hydrogens is 584 g/mol. The van der Waals surface area contributed by atoms with E-state index in [0.717, 1.165) is 47.6 Å². The van der Waals surface area contributed by atoms with E-state index in [2.05, 4.69) is 65.7 Å². The van der Waals surface area contributed by atoms with Crippen molar-refractivity contribution in [1.29, 1.82) is 0 Å². The van der Waals surface area contributed by atoms with Crippen LogP contribution < -0.4 is 20.1 Å². The van der Waals surface area contributed by atoms with Gasteiger partial charge in [-0.1, -0.05) is 114 Å². The Labute approximate surface area is 291 Å². The number of hydrogen-bond acceptors (Lipinski definition) is 4. The van der Waals surface area contributed by atoms with Gasteiger partial charge in [0.25, 0.3) is 0 Å². The number of anilines is 2. The Morgan fingerprint density at radius 1 is 0.851 bits per heavy atom. The van der Waals surface area contributed by atoms with Crippen molar-refractivity contribution in [3.8, 4) is 11.5 Å². The fraction of sp³-hybridized carbons (Fsp3) is 0.610. The summed E-state index contributed by atoms with van der Waals surface area (Å²) < 4.78 is 10.0. The highest BCUT2D eigenvalue weighted by Gasteiger charge is 2.21. The maximum atomic E-state index is 12.2. The number of carbonyl (C=O) groups excluding carboxylic acids is 2. The SMILES string of the molecule is C=CC.CC.CC.CC1CCCC(C)C1.CCC.CCC[C@H](C(=O)Nc1ccc(OC)cc1)C(C)C.COc1ccc(NC=O)cc1. The van der Waals surface area contributed by atoms with Gasteiger partial charge < -0.3 is 20.1 Å². The van der Waals surface area contributed by atoms with Gasteiger partial charge in [-0.25, -0.2) is 0 Å². The molecule has 1 fully saturated rings. The first-order valence-electron chi connectivity index (χ1n) is 17.9. The van der Waals surface area contributed by atoms with Gasteiger partial charge in [0.1, 0.15) is 11.5 Å². The van der Waals surface area contributed by atoms with Crippen molar-refractivity contribution in [2.75, 3.05) is 24.9 Å². The minimum absolute atomic E-state index is 0.0806. The third-order valence-electron chi connectivity index (χ3n) is 6.61. The summed E-state index contributed by atoms with van der Waals surface area (Å²) in [6, 6.07) is 14.5. The van der Waals surface area contributed by atoms with Crippen molar-refractivity contribution in [1.82, 2.24) is 0 Å². The largest absolute Gasteiger partial charge is 0.497 e. The lowest BCUT2D eigenvalue weighted by atomic mass is 9.84. The number of benzene rings is 2. The van der Waals surface area contributed by atoms with Gasteiger partial charge >= 0.3 is 0 Å². The molecule has 2 aromatic carbocycles. The van der Waals surface area contributed by atoms with Crippen molar-refractivity contribution in [2.24, 2.45) is 23.7 Å². The Bertz CT molecular complexity index is 935. The van der Waals surface area contributed by atoms with E-state index < -0.39 is 0 Å². The zero-order valence-electron chi connectivity index (χ0n) is 32.9. The first kappa shape index (κ1) is 50.6. The molecule has 6 nitrogen and oxygen atoms in total. The molecule has 0 spiro atoms. The monoisotopic (exact) mass is 659 g/mol. The van der Waals surface area contributed by atoms with Crippen molar-refractivity contribution >= 4 is 23.7 Å². The van der Waals surface area contributed by atoms with Crippen LogP contribution in [0.3, 0.4) is 0 Å². The average Bonchev–Trinajstić information content (AvgIpc) is 3.07. The summed E-state index contributed by atoms with van der Waals surface area (Å²) in [5.74, 6) is 4.15. The molecule has 47 heavy (non-hydrogen) atoms. The van der Waals surface area contributed by atoms with E-state index >= 15 is 0 Å². The molecule has 0 aromatic heterocycles. The normalized spacial score (nSPS) is 14.4. The fourth-order valence-electron chi connectivity index (χ4n) is 4.48. The van der Waals surface area contributed by atoms with E-state index in [0.29, 0.717) is 12.3 Å². The van der Waals surface area contributed by atoms with Crippen molar-refractivity contribution in [2.45, 2.75) is 128 Å². The van der Waals surface area contributed by atoms with Crippen molar-refractivity contribution < 1.29 is 19.1 Å². The van der Waals surface area contributed by atoms with Gasteiger partial charge in [0, 0.05) is 17.3 Å². The molecule has 3 rings (SSSR count). The van der Waals surface area contributed by atoms with E-state index in [9.17, 15) is 9.59 Å². The Hall–Kier alpha value is -3.28. The molecule has 0 radical (unpaired) electrons. The van der Waals surface area contributed by atoms with E-state index in [-0.39, 0.29) is 11.8 Å². The maximum Gasteiger partial charge on any atom is 0.227 e. The molecule has 2 unspecified atom stereocenters. The summed E-state index contributed by atoms with van der Waals surface area (Å²) in [7, 11) is 3.23. The quantitative estimate of drug-likeness (QED) is 0.208. The van der Waals surface area contributed by atoms with Crippen LogP contribution in [0.15, 0.2) is 61.2 Å². The molecule has 1 saturated carbocycles. The Morgan fingerprint density at radius 3 is 1.51 bits per heavy atom. The lowest BCUT2D eigenvalue weighted by Gasteiger charge is -2.22. The van der Waals surface area contributed by atoms with Crippen LogP contribution in [0.5, 0.6) is 11.5 Å². The van der Waals surface area contributed by atoms with Crippen LogP contribution in [-0.2, 0) is 9.59 Å². The highest BCUT2D eigenvalue weighted by Crippen LogP contribution is 2.27. The van der Waals surface area contributed by atoms with Gasteiger partial charge in [0.15, 0.2) is 0 Å². The molecule has 0 saturated heterocycles. The van der Waals surface area contributed by atoms with Gasteiger partial charge in [-0.05, 0) is 86.1 Å². The molecule has 0 aliphatic heterocycles. The number of ether oxygens (including phenoxy) is 2. The fourth-order valence-corrected chi connectivity index (χ4v) is 4.48. The number of hydrogen-bond donors (Lipinski definition) is 2. The van der Waals surface area contributed by atoms with Crippen LogP contribution in [0, 0.1) is 23.7 Å². The van der Waals surface area contributed by atoms with E-state index in [1.165, 1.54) is 32.1 Å². The molecule has 0 heterocycles. The molecule has 2 aromatic rings. The molecular formula is C41H74N2O4. The summed E-state index contributed by atoms with van der Waals surface area (Å²) in [6.07, 6.45) is 11.5. The highest BCUT2D eigenvalue weighted by molar-refractivity contribution is 5.92. The lowest BCUT2D eigenvalue weighted by Crippen LogP contribution is -2.26. The van der Waals surface area contributed by atoms with Crippen molar-refractivity contribution in [3.05, 3.63) is 61.2 Å². The predicted octanol–water partition coefficient (Wildman–Crippen LogP) is 12.5. The summed E-state index contributed by atoms with van der Waals surface area (Å²) >= 11 is 0. The number of rotatable bonds is 9. The predicted molar refractivity (Wildman–Crippen MR) is 209 cm³/mol. The summed E-state index contributed by atoms with van der Waals surface area (Å²) in [5.41, 5.74) is 1.59. The van der Waals surface area contributed by atoms with Gasteiger partial charge in [-0.15, -0.1) is 6.58 Å². The molecule has 2 amide bonds. The Balaban J connectivity index is -0.000000272. The average molecular weight is 659 g/mol. The Morgan fingerprint density at radius 2 is 1.23 bits per heavy atom. The van der Waals surface area contributed by atoms with E-state index in [4.69, 9.17) is 9.47 Å². The zero-order chi connectivity index (χ0) is 37.0. The first-order valence-corrected chi connectivity index (χ1v) is 17.9. The number of methoxy groups -OCH3 is 2. The third kappa shape index (κ3) is 29.8. The van der Waals surface area contributed by atoms with Gasteiger partial charge in [-0.2, -0.15) is 0 Å². The van der Waals surface area contributed by atoms with Gasteiger partial charge in [-0.3, -0.25) is 9.59 Å². The number of nitrogens with one attached hydrogen (secondary N) is 2. The summed E-state index contributed by atoms with van der Waals surface area (Å²) in [6.45, 7) is 28.5. The third-order valence-corrected chi connectivity index (χ3v) is 6.61.